The molecule has 0 aliphatic carbocycles. The molecule has 7 heteroatoms. The summed E-state index contributed by atoms with van der Waals surface area (Å²) in [5.74, 6) is 0.204. The van der Waals surface area contributed by atoms with E-state index in [1.54, 1.807) is 6.07 Å². The van der Waals surface area contributed by atoms with Crippen molar-refractivity contribution in [2.75, 3.05) is 50.7 Å². The first kappa shape index (κ1) is 21.9. The number of para-hydroxylation sites is 1. The number of halogens is 1. The van der Waals surface area contributed by atoms with Gasteiger partial charge in [-0.3, -0.25) is 4.79 Å². The molecular weight excluding hydrogens is 417 g/mol. The summed E-state index contributed by atoms with van der Waals surface area (Å²) in [5.41, 5.74) is 3.01. The van der Waals surface area contributed by atoms with Gasteiger partial charge in [-0.15, -0.1) is 0 Å². The fraction of sp³-hybridized carbons (Fsp3) is 0.462. The Morgan fingerprint density at radius 2 is 1.79 bits per heavy atom. The van der Waals surface area contributed by atoms with Crippen LogP contribution < -0.4 is 4.90 Å². The Hall–Kier alpha value is -2.93. The fourth-order valence-corrected chi connectivity index (χ4v) is 5.31. The maximum absolute atomic E-state index is 14.1. The molecule has 6 nitrogen and oxygen atoms in total. The molecule has 0 saturated carbocycles. The van der Waals surface area contributed by atoms with Gasteiger partial charge in [-0.25, -0.2) is 9.37 Å². The number of amides is 1. The summed E-state index contributed by atoms with van der Waals surface area (Å²) in [6.07, 6.45) is 6.87. The molecule has 2 aliphatic heterocycles. The fourth-order valence-electron chi connectivity index (χ4n) is 5.31. The SMILES string of the molecule is Cn1cc(CCN2CCC(C(=O)N3CCN(c4ccccc4F)CC3)CC2)c2cccnc21. The second-order valence-electron chi connectivity index (χ2n) is 9.27. The van der Waals surface area contributed by atoms with Crippen molar-refractivity contribution in [1.82, 2.24) is 19.4 Å². The van der Waals surface area contributed by atoms with Crippen molar-refractivity contribution in [3.05, 3.63) is 60.2 Å². The van der Waals surface area contributed by atoms with Gasteiger partial charge in [0.25, 0.3) is 0 Å². The third-order valence-corrected chi connectivity index (χ3v) is 7.23. The van der Waals surface area contributed by atoms with Crippen LogP contribution in [0.3, 0.4) is 0 Å². The Balaban J connectivity index is 1.09. The number of hydrogen-bond donors (Lipinski definition) is 0. The molecule has 2 fully saturated rings. The number of piperazine rings is 1. The molecule has 174 valence electrons. The van der Waals surface area contributed by atoms with Crippen LogP contribution in [0.15, 0.2) is 48.8 Å². The Kier molecular flexibility index (Phi) is 6.31. The van der Waals surface area contributed by atoms with Crippen LogP contribution in [0.25, 0.3) is 11.0 Å². The number of fused-ring (bicyclic) bond motifs is 1. The van der Waals surface area contributed by atoms with E-state index in [4.69, 9.17) is 0 Å². The Labute approximate surface area is 194 Å². The van der Waals surface area contributed by atoms with Crippen LogP contribution in [0.4, 0.5) is 10.1 Å². The van der Waals surface area contributed by atoms with Gasteiger partial charge in [0.15, 0.2) is 0 Å². The molecule has 0 radical (unpaired) electrons. The number of piperidine rings is 1. The predicted molar refractivity (Wildman–Crippen MR) is 129 cm³/mol. The van der Waals surface area contributed by atoms with E-state index in [2.05, 4.69) is 26.7 Å². The Morgan fingerprint density at radius 3 is 2.55 bits per heavy atom. The lowest BCUT2D eigenvalue weighted by atomic mass is 9.94. The summed E-state index contributed by atoms with van der Waals surface area (Å²) in [5, 5.41) is 1.24. The van der Waals surface area contributed by atoms with Gasteiger partial charge in [-0.2, -0.15) is 0 Å². The number of carbonyl (C=O) groups excluding carboxylic acids is 1. The maximum Gasteiger partial charge on any atom is 0.225 e. The minimum absolute atomic E-state index is 0.114. The van der Waals surface area contributed by atoms with Crippen LogP contribution in [-0.4, -0.2) is 71.1 Å². The van der Waals surface area contributed by atoms with Crippen LogP contribution >= 0.6 is 0 Å². The molecule has 0 atom stereocenters. The topological polar surface area (TPSA) is 44.6 Å². The number of aryl methyl sites for hydroxylation is 1. The number of benzene rings is 1. The van der Waals surface area contributed by atoms with Crippen molar-refractivity contribution in [2.45, 2.75) is 19.3 Å². The van der Waals surface area contributed by atoms with Gasteiger partial charge in [0.2, 0.25) is 5.91 Å². The molecule has 0 spiro atoms. The summed E-state index contributed by atoms with van der Waals surface area (Å²) in [6.45, 7) is 5.65. The van der Waals surface area contributed by atoms with Gasteiger partial charge in [-0.05, 0) is 62.2 Å². The van der Waals surface area contributed by atoms with Gasteiger partial charge in [-0.1, -0.05) is 12.1 Å². The van der Waals surface area contributed by atoms with Crippen LogP contribution in [0.1, 0.15) is 18.4 Å². The molecule has 5 rings (SSSR count). The van der Waals surface area contributed by atoms with E-state index in [1.807, 2.05) is 41.2 Å². The molecule has 1 amide bonds. The van der Waals surface area contributed by atoms with E-state index in [0.717, 1.165) is 44.5 Å². The largest absolute Gasteiger partial charge is 0.366 e. The molecule has 1 aromatic carbocycles. The van der Waals surface area contributed by atoms with Gasteiger partial charge >= 0.3 is 0 Å². The molecular formula is C26H32FN5O. The van der Waals surface area contributed by atoms with Crippen molar-refractivity contribution in [3.63, 3.8) is 0 Å². The molecule has 2 aromatic heterocycles. The van der Waals surface area contributed by atoms with Crippen molar-refractivity contribution in [2.24, 2.45) is 13.0 Å². The third kappa shape index (κ3) is 4.60. The lowest BCUT2D eigenvalue weighted by Crippen LogP contribution is -2.52. The summed E-state index contributed by atoms with van der Waals surface area (Å²) >= 11 is 0. The normalized spacial score (nSPS) is 18.2. The third-order valence-electron chi connectivity index (χ3n) is 7.23. The van der Waals surface area contributed by atoms with Crippen molar-refractivity contribution < 1.29 is 9.18 Å². The second kappa shape index (κ2) is 9.51. The number of likely N-dealkylation sites (tertiary alicyclic amines) is 1. The van der Waals surface area contributed by atoms with Crippen LogP contribution in [0.2, 0.25) is 0 Å². The number of hydrogen-bond acceptors (Lipinski definition) is 4. The zero-order valence-electron chi connectivity index (χ0n) is 19.3. The lowest BCUT2D eigenvalue weighted by molar-refractivity contribution is -0.137. The van der Waals surface area contributed by atoms with Crippen LogP contribution in [0, 0.1) is 11.7 Å². The summed E-state index contributed by atoms with van der Waals surface area (Å²) in [6, 6.07) is 11.0. The molecule has 0 bridgehead atoms. The summed E-state index contributed by atoms with van der Waals surface area (Å²) in [4.78, 5) is 24.1. The first-order chi connectivity index (χ1) is 16.1. The van der Waals surface area contributed by atoms with Gasteiger partial charge in [0, 0.05) is 63.5 Å². The number of nitrogens with zero attached hydrogens (tertiary/aromatic N) is 5. The van der Waals surface area contributed by atoms with E-state index in [-0.39, 0.29) is 17.6 Å². The first-order valence-corrected chi connectivity index (χ1v) is 12.0. The monoisotopic (exact) mass is 449 g/mol. The maximum atomic E-state index is 14.1. The molecule has 0 unspecified atom stereocenters. The predicted octanol–water partition coefficient (Wildman–Crippen LogP) is 3.32. The van der Waals surface area contributed by atoms with Gasteiger partial charge in [0.1, 0.15) is 11.5 Å². The Morgan fingerprint density at radius 1 is 1.03 bits per heavy atom. The molecule has 3 aromatic rings. The van der Waals surface area contributed by atoms with Crippen molar-refractivity contribution in [1.29, 1.82) is 0 Å². The molecule has 2 aliphatic rings. The zero-order chi connectivity index (χ0) is 22.8. The lowest BCUT2D eigenvalue weighted by Gasteiger charge is -2.39. The van der Waals surface area contributed by atoms with Crippen molar-refractivity contribution in [3.8, 4) is 0 Å². The number of anilines is 1. The number of aromatic nitrogens is 2. The van der Waals surface area contributed by atoms with Crippen LogP contribution in [-0.2, 0) is 18.3 Å². The number of pyridine rings is 1. The quantitative estimate of drug-likeness (QED) is 0.600. The van der Waals surface area contributed by atoms with E-state index < -0.39 is 0 Å². The molecule has 33 heavy (non-hydrogen) atoms. The average Bonchev–Trinajstić information content (AvgIpc) is 3.19. The summed E-state index contributed by atoms with van der Waals surface area (Å²) in [7, 11) is 2.05. The molecule has 0 N–H and O–H groups in total. The highest BCUT2D eigenvalue weighted by Gasteiger charge is 2.30. The van der Waals surface area contributed by atoms with E-state index in [9.17, 15) is 9.18 Å². The zero-order valence-corrected chi connectivity index (χ0v) is 19.3. The Bertz CT molecular complexity index is 1110. The van der Waals surface area contributed by atoms with E-state index >= 15 is 0 Å². The smallest absolute Gasteiger partial charge is 0.225 e. The van der Waals surface area contributed by atoms with Crippen molar-refractivity contribution >= 4 is 22.6 Å². The standard InChI is InChI=1S/C26H32FN5O/c1-29-19-21(22-5-4-11-28-25(22)29)10-14-30-12-8-20(9-13-30)26(33)32-17-15-31(16-18-32)24-7-3-2-6-23(24)27/h2-7,11,19-20H,8-10,12-18H2,1H3. The van der Waals surface area contributed by atoms with Crippen LogP contribution in [0.5, 0.6) is 0 Å². The minimum atomic E-state index is -0.190. The first-order valence-electron chi connectivity index (χ1n) is 12.0. The minimum Gasteiger partial charge on any atom is -0.366 e. The molecule has 4 heterocycles. The van der Waals surface area contributed by atoms with Gasteiger partial charge < -0.3 is 19.3 Å². The average molecular weight is 450 g/mol. The highest BCUT2D eigenvalue weighted by atomic mass is 19.1. The highest BCUT2D eigenvalue weighted by Crippen LogP contribution is 2.24. The van der Waals surface area contributed by atoms with E-state index in [1.165, 1.54) is 17.0 Å². The van der Waals surface area contributed by atoms with E-state index in [0.29, 0.717) is 31.9 Å². The number of rotatable bonds is 5. The number of carbonyl (C=O) groups is 1. The highest BCUT2D eigenvalue weighted by molar-refractivity contribution is 5.80. The second-order valence-corrected chi connectivity index (χ2v) is 9.27. The molecule has 2 saturated heterocycles. The van der Waals surface area contributed by atoms with Gasteiger partial charge in [0.05, 0.1) is 5.69 Å². The summed E-state index contributed by atoms with van der Waals surface area (Å²) < 4.78 is 16.2.